The molecule has 3 rings (SSSR count). The van der Waals surface area contributed by atoms with Crippen LogP contribution in [0.5, 0.6) is 0 Å². The highest BCUT2D eigenvalue weighted by Crippen LogP contribution is 2.22. The number of anilines is 1. The van der Waals surface area contributed by atoms with Crippen LogP contribution < -0.4 is 10.6 Å². The van der Waals surface area contributed by atoms with E-state index in [1.54, 1.807) is 6.07 Å². The fourth-order valence-corrected chi connectivity index (χ4v) is 2.60. The van der Waals surface area contributed by atoms with E-state index >= 15 is 0 Å². The van der Waals surface area contributed by atoms with E-state index in [4.69, 9.17) is 0 Å². The number of nitrogens with one attached hydrogen (secondary N) is 2. The molecule has 2 N–H and O–H groups in total. The van der Waals surface area contributed by atoms with Crippen LogP contribution in [0, 0.1) is 0 Å². The summed E-state index contributed by atoms with van der Waals surface area (Å²) in [5.41, 5.74) is 1.57. The molecule has 4 heteroatoms. The zero-order valence-corrected chi connectivity index (χ0v) is 13.3. The SMILES string of the molecule is CC(NC(=O)C(=O)Nc1cccc2ccccc12)c1ccccc1. The summed E-state index contributed by atoms with van der Waals surface area (Å²) in [5.74, 6) is -1.33. The molecule has 0 radical (unpaired) electrons. The molecule has 2 amide bonds. The maximum absolute atomic E-state index is 12.2. The summed E-state index contributed by atoms with van der Waals surface area (Å²) in [4.78, 5) is 24.3. The Morgan fingerprint density at radius 2 is 1.46 bits per heavy atom. The molecule has 3 aromatic carbocycles. The summed E-state index contributed by atoms with van der Waals surface area (Å²) in [6.45, 7) is 1.85. The van der Waals surface area contributed by atoms with Gasteiger partial charge in [-0.25, -0.2) is 0 Å². The van der Waals surface area contributed by atoms with E-state index < -0.39 is 11.8 Å². The van der Waals surface area contributed by atoms with Crippen molar-refractivity contribution < 1.29 is 9.59 Å². The lowest BCUT2D eigenvalue weighted by Gasteiger charge is -2.14. The highest BCUT2D eigenvalue weighted by Gasteiger charge is 2.17. The van der Waals surface area contributed by atoms with Crippen molar-refractivity contribution >= 4 is 28.3 Å². The average molecular weight is 318 g/mol. The van der Waals surface area contributed by atoms with Crippen molar-refractivity contribution in [3.05, 3.63) is 78.4 Å². The number of fused-ring (bicyclic) bond motifs is 1. The van der Waals surface area contributed by atoms with Gasteiger partial charge in [-0.05, 0) is 23.9 Å². The summed E-state index contributed by atoms with van der Waals surface area (Å²) in [5, 5.41) is 7.31. The normalized spacial score (nSPS) is 11.7. The average Bonchev–Trinajstić information content (AvgIpc) is 2.62. The molecule has 3 aromatic rings. The predicted octanol–water partition coefficient (Wildman–Crippen LogP) is 3.66. The van der Waals surface area contributed by atoms with Crippen LogP contribution in [-0.2, 0) is 9.59 Å². The number of carbonyl (C=O) groups is 2. The Morgan fingerprint density at radius 1 is 0.792 bits per heavy atom. The monoisotopic (exact) mass is 318 g/mol. The van der Waals surface area contributed by atoms with E-state index in [-0.39, 0.29) is 6.04 Å². The van der Waals surface area contributed by atoms with Gasteiger partial charge < -0.3 is 10.6 Å². The van der Waals surface area contributed by atoms with Crippen LogP contribution in [0.15, 0.2) is 72.8 Å². The lowest BCUT2D eigenvalue weighted by molar-refractivity contribution is -0.136. The number of benzene rings is 3. The Kier molecular flexibility index (Phi) is 4.57. The zero-order chi connectivity index (χ0) is 16.9. The molecule has 24 heavy (non-hydrogen) atoms. The molecule has 0 aliphatic heterocycles. The molecule has 1 atom stereocenters. The van der Waals surface area contributed by atoms with Crippen LogP contribution >= 0.6 is 0 Å². The third-order valence-corrected chi connectivity index (χ3v) is 3.89. The van der Waals surface area contributed by atoms with Gasteiger partial charge in [0, 0.05) is 11.1 Å². The van der Waals surface area contributed by atoms with E-state index in [2.05, 4.69) is 10.6 Å². The van der Waals surface area contributed by atoms with Crippen LogP contribution in [0.4, 0.5) is 5.69 Å². The number of rotatable bonds is 3. The van der Waals surface area contributed by atoms with Crippen LogP contribution in [0.25, 0.3) is 10.8 Å². The fraction of sp³-hybridized carbons (Fsp3) is 0.100. The van der Waals surface area contributed by atoms with Crippen molar-refractivity contribution in [3.8, 4) is 0 Å². The number of hydrogen-bond acceptors (Lipinski definition) is 2. The summed E-state index contributed by atoms with van der Waals surface area (Å²) in [7, 11) is 0. The van der Waals surface area contributed by atoms with Crippen LogP contribution in [-0.4, -0.2) is 11.8 Å². The largest absolute Gasteiger partial charge is 0.341 e. The summed E-state index contributed by atoms with van der Waals surface area (Å²) in [6, 6.07) is 22.6. The van der Waals surface area contributed by atoms with Gasteiger partial charge in [0.2, 0.25) is 0 Å². The second-order valence-corrected chi connectivity index (χ2v) is 5.59. The molecule has 120 valence electrons. The van der Waals surface area contributed by atoms with Crippen molar-refractivity contribution in [2.24, 2.45) is 0 Å². The molecule has 0 fully saturated rings. The Hall–Kier alpha value is -3.14. The highest BCUT2D eigenvalue weighted by molar-refractivity contribution is 6.40. The molecule has 0 spiro atoms. The second-order valence-electron chi connectivity index (χ2n) is 5.59. The molecule has 0 bridgehead atoms. The molecule has 0 heterocycles. The van der Waals surface area contributed by atoms with Gasteiger partial charge in [0.15, 0.2) is 0 Å². The summed E-state index contributed by atoms with van der Waals surface area (Å²) < 4.78 is 0. The van der Waals surface area contributed by atoms with E-state index in [1.165, 1.54) is 0 Å². The number of hydrogen-bond donors (Lipinski definition) is 2. The third-order valence-electron chi connectivity index (χ3n) is 3.89. The zero-order valence-electron chi connectivity index (χ0n) is 13.3. The first-order chi connectivity index (χ1) is 11.6. The van der Waals surface area contributed by atoms with Gasteiger partial charge in [0.1, 0.15) is 0 Å². The van der Waals surface area contributed by atoms with Gasteiger partial charge in [-0.2, -0.15) is 0 Å². The van der Waals surface area contributed by atoms with Crippen molar-refractivity contribution in [1.82, 2.24) is 5.32 Å². The molecule has 4 nitrogen and oxygen atoms in total. The van der Waals surface area contributed by atoms with Crippen LogP contribution in [0.3, 0.4) is 0 Å². The first-order valence-electron chi connectivity index (χ1n) is 7.79. The first-order valence-corrected chi connectivity index (χ1v) is 7.79. The minimum atomic E-state index is -0.672. The van der Waals surface area contributed by atoms with Crippen molar-refractivity contribution in [2.45, 2.75) is 13.0 Å². The van der Waals surface area contributed by atoms with Crippen molar-refractivity contribution in [2.75, 3.05) is 5.32 Å². The van der Waals surface area contributed by atoms with Gasteiger partial charge in [-0.1, -0.05) is 66.7 Å². The van der Waals surface area contributed by atoms with E-state index in [9.17, 15) is 9.59 Å². The molecule has 0 saturated carbocycles. The summed E-state index contributed by atoms with van der Waals surface area (Å²) in [6.07, 6.45) is 0. The van der Waals surface area contributed by atoms with Crippen molar-refractivity contribution in [1.29, 1.82) is 0 Å². The Morgan fingerprint density at radius 3 is 2.25 bits per heavy atom. The van der Waals surface area contributed by atoms with E-state index in [1.807, 2.05) is 73.7 Å². The topological polar surface area (TPSA) is 58.2 Å². The predicted molar refractivity (Wildman–Crippen MR) is 95.6 cm³/mol. The molecule has 0 aliphatic carbocycles. The minimum Gasteiger partial charge on any atom is -0.341 e. The quantitative estimate of drug-likeness (QED) is 0.724. The Labute approximate surface area is 140 Å². The maximum Gasteiger partial charge on any atom is 0.313 e. The van der Waals surface area contributed by atoms with E-state index in [0.717, 1.165) is 16.3 Å². The smallest absolute Gasteiger partial charge is 0.313 e. The van der Waals surface area contributed by atoms with Crippen LogP contribution in [0.1, 0.15) is 18.5 Å². The van der Waals surface area contributed by atoms with Crippen LogP contribution in [0.2, 0.25) is 0 Å². The van der Waals surface area contributed by atoms with Gasteiger partial charge in [0.05, 0.1) is 6.04 Å². The first kappa shape index (κ1) is 15.7. The molecule has 1 unspecified atom stereocenters. The third kappa shape index (κ3) is 3.43. The Bertz CT molecular complexity index is 870. The van der Waals surface area contributed by atoms with Gasteiger partial charge >= 0.3 is 11.8 Å². The Balaban J connectivity index is 1.71. The molecular weight excluding hydrogens is 300 g/mol. The van der Waals surface area contributed by atoms with Gasteiger partial charge in [-0.3, -0.25) is 9.59 Å². The number of amides is 2. The molecule has 0 saturated heterocycles. The highest BCUT2D eigenvalue weighted by atomic mass is 16.2. The lowest BCUT2D eigenvalue weighted by Crippen LogP contribution is -2.36. The minimum absolute atomic E-state index is 0.239. The van der Waals surface area contributed by atoms with E-state index in [0.29, 0.717) is 5.69 Å². The maximum atomic E-state index is 12.2. The fourth-order valence-electron chi connectivity index (χ4n) is 2.60. The lowest BCUT2D eigenvalue weighted by atomic mass is 10.1. The van der Waals surface area contributed by atoms with Gasteiger partial charge in [-0.15, -0.1) is 0 Å². The standard InChI is InChI=1S/C20H18N2O2/c1-14(15-8-3-2-4-9-15)21-19(23)20(24)22-18-13-7-11-16-10-5-6-12-17(16)18/h2-14H,1H3,(H,21,23)(H,22,24). The molecular formula is C20H18N2O2. The number of carbonyl (C=O) groups excluding carboxylic acids is 2. The second kappa shape index (κ2) is 6.96. The molecule has 0 aliphatic rings. The van der Waals surface area contributed by atoms with Crippen molar-refractivity contribution in [3.63, 3.8) is 0 Å². The summed E-state index contributed by atoms with van der Waals surface area (Å²) >= 11 is 0. The molecule has 0 aromatic heterocycles. The van der Waals surface area contributed by atoms with Gasteiger partial charge in [0.25, 0.3) is 0 Å².